The maximum atomic E-state index is 12.6. The number of furan rings is 1. The predicted molar refractivity (Wildman–Crippen MR) is 101 cm³/mol. The van der Waals surface area contributed by atoms with Crippen molar-refractivity contribution in [1.29, 1.82) is 0 Å². The SMILES string of the molecule is Cc1cc2c(cc(C(=O)NCC[NH+](C)C)n2CCOc2ccccc2)o1. The van der Waals surface area contributed by atoms with Crippen LogP contribution in [-0.2, 0) is 6.54 Å². The van der Waals surface area contributed by atoms with E-state index in [4.69, 9.17) is 9.15 Å². The van der Waals surface area contributed by atoms with Crippen LogP contribution in [0.25, 0.3) is 11.1 Å². The lowest BCUT2D eigenvalue weighted by molar-refractivity contribution is -0.856. The number of aromatic nitrogens is 1. The molecule has 26 heavy (non-hydrogen) atoms. The van der Waals surface area contributed by atoms with E-state index in [0.29, 0.717) is 25.4 Å². The van der Waals surface area contributed by atoms with Crippen molar-refractivity contribution in [2.45, 2.75) is 13.5 Å². The number of benzene rings is 1. The molecule has 2 heterocycles. The highest BCUT2D eigenvalue weighted by Gasteiger charge is 2.18. The molecular formula is C20H26N3O3+. The molecule has 0 aliphatic rings. The topological polar surface area (TPSA) is 60.8 Å². The molecule has 0 spiro atoms. The van der Waals surface area contributed by atoms with Gasteiger partial charge in [0.05, 0.1) is 39.2 Å². The molecule has 138 valence electrons. The third-order valence-electron chi connectivity index (χ3n) is 4.18. The average molecular weight is 356 g/mol. The van der Waals surface area contributed by atoms with E-state index in [0.717, 1.165) is 29.2 Å². The van der Waals surface area contributed by atoms with Crippen LogP contribution in [0.15, 0.2) is 46.9 Å². The number of nitrogens with zero attached hydrogens (tertiary/aromatic N) is 1. The number of hydrogen-bond acceptors (Lipinski definition) is 3. The highest BCUT2D eigenvalue weighted by atomic mass is 16.5. The summed E-state index contributed by atoms with van der Waals surface area (Å²) < 4.78 is 13.5. The molecule has 2 N–H and O–H groups in total. The van der Waals surface area contributed by atoms with E-state index in [2.05, 4.69) is 19.4 Å². The number of carbonyl (C=O) groups is 1. The molecule has 0 aliphatic carbocycles. The summed E-state index contributed by atoms with van der Waals surface area (Å²) in [5, 5.41) is 2.98. The second-order valence-electron chi connectivity index (χ2n) is 6.66. The lowest BCUT2D eigenvalue weighted by atomic mass is 10.3. The maximum Gasteiger partial charge on any atom is 0.268 e. The summed E-state index contributed by atoms with van der Waals surface area (Å²) in [4.78, 5) is 13.9. The minimum absolute atomic E-state index is 0.0879. The Morgan fingerprint density at radius 1 is 1.23 bits per heavy atom. The van der Waals surface area contributed by atoms with Gasteiger partial charge in [0, 0.05) is 12.1 Å². The van der Waals surface area contributed by atoms with Gasteiger partial charge in [-0.05, 0) is 19.1 Å². The zero-order valence-electron chi connectivity index (χ0n) is 15.5. The Kier molecular flexibility index (Phi) is 5.63. The number of nitrogens with one attached hydrogen (secondary N) is 2. The van der Waals surface area contributed by atoms with Gasteiger partial charge < -0.3 is 23.9 Å². The second-order valence-corrected chi connectivity index (χ2v) is 6.66. The van der Waals surface area contributed by atoms with Gasteiger partial charge in [0.25, 0.3) is 5.91 Å². The number of carbonyl (C=O) groups excluding carboxylic acids is 1. The van der Waals surface area contributed by atoms with Crippen molar-refractivity contribution < 1.29 is 18.8 Å². The molecule has 0 bridgehead atoms. The molecule has 1 aromatic carbocycles. The molecule has 0 unspecified atom stereocenters. The fourth-order valence-corrected chi connectivity index (χ4v) is 2.88. The first-order chi connectivity index (χ1) is 12.5. The number of rotatable bonds is 8. The Morgan fingerprint density at radius 3 is 2.73 bits per heavy atom. The first-order valence-electron chi connectivity index (χ1n) is 8.89. The van der Waals surface area contributed by atoms with Crippen LogP contribution in [-0.4, -0.2) is 44.3 Å². The summed E-state index contributed by atoms with van der Waals surface area (Å²) in [6.07, 6.45) is 0. The smallest absolute Gasteiger partial charge is 0.268 e. The maximum absolute atomic E-state index is 12.6. The quantitative estimate of drug-likeness (QED) is 0.643. The van der Waals surface area contributed by atoms with E-state index in [1.54, 1.807) is 0 Å². The van der Waals surface area contributed by atoms with Crippen molar-refractivity contribution in [3.63, 3.8) is 0 Å². The number of fused-ring (bicyclic) bond motifs is 1. The summed E-state index contributed by atoms with van der Waals surface area (Å²) in [6.45, 7) is 4.45. The molecule has 0 fully saturated rings. The van der Waals surface area contributed by atoms with E-state index >= 15 is 0 Å². The molecule has 2 aromatic heterocycles. The number of ether oxygens (including phenoxy) is 1. The minimum Gasteiger partial charge on any atom is -0.492 e. The summed E-state index contributed by atoms with van der Waals surface area (Å²) in [5.74, 6) is 1.56. The minimum atomic E-state index is -0.0879. The number of para-hydroxylation sites is 1. The monoisotopic (exact) mass is 356 g/mol. The lowest BCUT2D eigenvalue weighted by Gasteiger charge is -2.12. The van der Waals surface area contributed by atoms with Gasteiger partial charge in [0.1, 0.15) is 23.8 Å². The molecule has 0 radical (unpaired) electrons. The Labute approximate surface area is 153 Å². The Hall–Kier alpha value is -2.73. The molecule has 0 atom stereocenters. The molecule has 1 amide bonds. The molecular weight excluding hydrogens is 330 g/mol. The van der Waals surface area contributed by atoms with E-state index in [-0.39, 0.29) is 5.91 Å². The van der Waals surface area contributed by atoms with Gasteiger partial charge in [-0.25, -0.2) is 0 Å². The Balaban J connectivity index is 1.74. The lowest BCUT2D eigenvalue weighted by Crippen LogP contribution is -3.06. The fourth-order valence-electron chi connectivity index (χ4n) is 2.88. The van der Waals surface area contributed by atoms with E-state index in [1.807, 2.05) is 54.0 Å². The van der Waals surface area contributed by atoms with Crippen LogP contribution in [0.2, 0.25) is 0 Å². The van der Waals surface area contributed by atoms with Crippen LogP contribution in [0.1, 0.15) is 16.2 Å². The van der Waals surface area contributed by atoms with Crippen molar-refractivity contribution in [3.05, 3.63) is 53.9 Å². The first kappa shape index (κ1) is 18.1. The molecule has 0 saturated carbocycles. The number of likely N-dealkylation sites (N-methyl/N-ethyl adjacent to an activating group) is 1. The van der Waals surface area contributed by atoms with Gasteiger partial charge in [0.15, 0.2) is 5.58 Å². The van der Waals surface area contributed by atoms with Gasteiger partial charge in [0.2, 0.25) is 0 Å². The van der Waals surface area contributed by atoms with Crippen molar-refractivity contribution in [1.82, 2.24) is 9.88 Å². The van der Waals surface area contributed by atoms with Crippen molar-refractivity contribution in [2.75, 3.05) is 33.8 Å². The van der Waals surface area contributed by atoms with Crippen molar-refractivity contribution in [3.8, 4) is 5.75 Å². The summed E-state index contributed by atoms with van der Waals surface area (Å²) in [5.41, 5.74) is 2.25. The highest BCUT2D eigenvalue weighted by molar-refractivity contribution is 5.97. The van der Waals surface area contributed by atoms with E-state index < -0.39 is 0 Å². The number of quaternary nitrogens is 1. The molecule has 6 heteroatoms. The third kappa shape index (κ3) is 4.26. The Morgan fingerprint density at radius 2 is 2.00 bits per heavy atom. The van der Waals surface area contributed by atoms with Gasteiger partial charge in [-0.3, -0.25) is 4.79 Å². The van der Waals surface area contributed by atoms with Crippen molar-refractivity contribution >= 4 is 17.0 Å². The molecule has 6 nitrogen and oxygen atoms in total. The largest absolute Gasteiger partial charge is 0.492 e. The van der Waals surface area contributed by atoms with Gasteiger partial charge >= 0.3 is 0 Å². The molecule has 0 aliphatic heterocycles. The van der Waals surface area contributed by atoms with Crippen LogP contribution in [0.3, 0.4) is 0 Å². The van der Waals surface area contributed by atoms with Crippen LogP contribution >= 0.6 is 0 Å². The predicted octanol–water partition coefficient (Wildman–Crippen LogP) is 1.50. The summed E-state index contributed by atoms with van der Waals surface area (Å²) >= 11 is 0. The summed E-state index contributed by atoms with van der Waals surface area (Å²) in [7, 11) is 4.12. The summed E-state index contributed by atoms with van der Waals surface area (Å²) in [6, 6.07) is 13.4. The average Bonchev–Trinajstić information content (AvgIpc) is 3.12. The van der Waals surface area contributed by atoms with Gasteiger partial charge in [-0.15, -0.1) is 0 Å². The molecule has 0 saturated heterocycles. The number of aryl methyl sites for hydroxylation is 1. The molecule has 3 rings (SSSR count). The van der Waals surface area contributed by atoms with Gasteiger partial charge in [-0.2, -0.15) is 0 Å². The second kappa shape index (κ2) is 8.10. The zero-order valence-corrected chi connectivity index (χ0v) is 15.5. The standard InChI is InChI=1S/C20H25N3O3/c1-15-13-17-19(26-15)14-18(20(24)21-9-10-22(2)3)23(17)11-12-25-16-7-5-4-6-8-16/h4-8,13-14H,9-12H2,1-3H3,(H,21,24)/p+1. The van der Waals surface area contributed by atoms with Crippen LogP contribution in [0, 0.1) is 6.92 Å². The van der Waals surface area contributed by atoms with E-state index in [1.165, 1.54) is 4.90 Å². The third-order valence-corrected chi connectivity index (χ3v) is 4.18. The zero-order chi connectivity index (χ0) is 18.5. The highest BCUT2D eigenvalue weighted by Crippen LogP contribution is 2.24. The fraction of sp³-hybridized carbons (Fsp3) is 0.350. The van der Waals surface area contributed by atoms with E-state index in [9.17, 15) is 4.79 Å². The van der Waals surface area contributed by atoms with Crippen LogP contribution < -0.4 is 15.0 Å². The number of amides is 1. The van der Waals surface area contributed by atoms with Crippen molar-refractivity contribution in [2.24, 2.45) is 0 Å². The first-order valence-corrected chi connectivity index (χ1v) is 8.89. The Bertz CT molecular complexity index is 865. The normalized spacial score (nSPS) is 11.2. The van der Waals surface area contributed by atoms with Crippen LogP contribution in [0.5, 0.6) is 5.75 Å². The van der Waals surface area contributed by atoms with Crippen LogP contribution in [0.4, 0.5) is 0 Å². The molecule has 3 aromatic rings. The van der Waals surface area contributed by atoms with Gasteiger partial charge in [-0.1, -0.05) is 18.2 Å². The number of hydrogen-bond donors (Lipinski definition) is 2.